The molecule has 7 nitrogen and oxygen atoms in total. The zero-order valence-corrected chi connectivity index (χ0v) is 18.8. The Labute approximate surface area is 194 Å². The fourth-order valence-electron chi connectivity index (χ4n) is 4.14. The molecule has 2 N–H and O–H groups in total. The van der Waals surface area contributed by atoms with Crippen molar-refractivity contribution in [3.05, 3.63) is 90.3 Å². The van der Waals surface area contributed by atoms with Crippen LogP contribution in [0.1, 0.15) is 17.2 Å². The molecule has 7 heteroatoms. The summed E-state index contributed by atoms with van der Waals surface area (Å²) in [6.45, 7) is 5.74. The molecule has 4 rings (SSSR count). The maximum atomic E-state index is 12.5. The highest BCUT2D eigenvalue weighted by molar-refractivity contribution is 6.39. The first kappa shape index (κ1) is 22.5. The van der Waals surface area contributed by atoms with Gasteiger partial charge in [0.1, 0.15) is 0 Å². The highest BCUT2D eigenvalue weighted by Crippen LogP contribution is 2.23. The van der Waals surface area contributed by atoms with E-state index in [0.717, 1.165) is 37.3 Å². The molecule has 1 aliphatic rings. The third-order valence-corrected chi connectivity index (χ3v) is 5.88. The summed E-state index contributed by atoms with van der Waals surface area (Å²) in [6.07, 6.45) is 3.56. The van der Waals surface area contributed by atoms with E-state index in [1.165, 1.54) is 5.69 Å². The number of carbonyl (C=O) groups excluding carboxylic acids is 2. The number of para-hydroxylation sites is 1. The Balaban J connectivity index is 1.38. The SMILES string of the molecule is Cc1cccc(NC(=O)C(=O)NC[C@@H](c2cccnc2)N2CCN(c3ccccc3)CC2)c1. The molecule has 1 aliphatic heterocycles. The quantitative estimate of drug-likeness (QED) is 0.573. The number of carbonyl (C=O) groups is 2. The summed E-state index contributed by atoms with van der Waals surface area (Å²) in [5, 5.41) is 5.49. The fraction of sp³-hybridized carbons (Fsp3) is 0.269. The topological polar surface area (TPSA) is 77.6 Å². The van der Waals surface area contributed by atoms with Gasteiger partial charge in [-0.15, -0.1) is 0 Å². The number of aryl methyl sites for hydroxylation is 1. The van der Waals surface area contributed by atoms with Gasteiger partial charge in [-0.2, -0.15) is 0 Å². The van der Waals surface area contributed by atoms with Crippen molar-refractivity contribution in [1.82, 2.24) is 15.2 Å². The monoisotopic (exact) mass is 443 g/mol. The molecule has 2 amide bonds. The van der Waals surface area contributed by atoms with E-state index >= 15 is 0 Å². The summed E-state index contributed by atoms with van der Waals surface area (Å²) >= 11 is 0. The predicted molar refractivity (Wildman–Crippen MR) is 130 cm³/mol. The van der Waals surface area contributed by atoms with Gasteiger partial charge in [0, 0.05) is 56.5 Å². The zero-order chi connectivity index (χ0) is 23.0. The summed E-state index contributed by atoms with van der Waals surface area (Å²) in [4.78, 5) is 33.9. The van der Waals surface area contributed by atoms with Crippen molar-refractivity contribution in [2.45, 2.75) is 13.0 Å². The normalized spacial score (nSPS) is 15.0. The second kappa shape index (κ2) is 10.7. The van der Waals surface area contributed by atoms with Crippen LogP contribution in [-0.2, 0) is 9.59 Å². The van der Waals surface area contributed by atoms with E-state index in [9.17, 15) is 9.59 Å². The van der Waals surface area contributed by atoms with Crippen LogP contribution in [0.25, 0.3) is 0 Å². The van der Waals surface area contributed by atoms with Crippen molar-refractivity contribution in [2.24, 2.45) is 0 Å². The lowest BCUT2D eigenvalue weighted by Crippen LogP contribution is -2.50. The predicted octanol–water partition coefficient (Wildman–Crippen LogP) is 3.01. The van der Waals surface area contributed by atoms with Crippen molar-refractivity contribution in [2.75, 3.05) is 42.9 Å². The number of nitrogens with one attached hydrogen (secondary N) is 2. The Hall–Kier alpha value is -3.71. The Morgan fingerprint density at radius 1 is 0.939 bits per heavy atom. The molecule has 0 aliphatic carbocycles. The highest BCUT2D eigenvalue weighted by Gasteiger charge is 2.26. The van der Waals surface area contributed by atoms with Crippen molar-refractivity contribution >= 4 is 23.2 Å². The molecule has 170 valence electrons. The highest BCUT2D eigenvalue weighted by atomic mass is 16.2. The number of hydrogen-bond donors (Lipinski definition) is 2. The first-order valence-electron chi connectivity index (χ1n) is 11.2. The summed E-state index contributed by atoms with van der Waals surface area (Å²) in [5.41, 5.74) is 3.86. The van der Waals surface area contributed by atoms with E-state index < -0.39 is 11.8 Å². The number of rotatable bonds is 6. The van der Waals surface area contributed by atoms with E-state index in [4.69, 9.17) is 0 Å². The van der Waals surface area contributed by atoms with E-state index in [2.05, 4.69) is 49.7 Å². The fourth-order valence-corrected chi connectivity index (χ4v) is 4.14. The maximum absolute atomic E-state index is 12.5. The molecule has 1 atom stereocenters. The van der Waals surface area contributed by atoms with Crippen LogP contribution in [0.3, 0.4) is 0 Å². The summed E-state index contributed by atoms with van der Waals surface area (Å²) < 4.78 is 0. The Kier molecular flexibility index (Phi) is 7.32. The molecule has 1 aromatic heterocycles. The molecule has 0 spiro atoms. The molecule has 0 bridgehead atoms. The average molecular weight is 444 g/mol. The van der Waals surface area contributed by atoms with Gasteiger partial charge in [0.25, 0.3) is 0 Å². The van der Waals surface area contributed by atoms with Gasteiger partial charge >= 0.3 is 11.8 Å². The van der Waals surface area contributed by atoms with Crippen molar-refractivity contribution < 1.29 is 9.59 Å². The first-order chi connectivity index (χ1) is 16.1. The van der Waals surface area contributed by atoms with Gasteiger partial charge in [-0.25, -0.2) is 0 Å². The third-order valence-electron chi connectivity index (χ3n) is 5.88. The minimum atomic E-state index is -0.667. The minimum Gasteiger partial charge on any atom is -0.369 e. The summed E-state index contributed by atoms with van der Waals surface area (Å²) in [5.74, 6) is -1.31. The van der Waals surface area contributed by atoms with Gasteiger partial charge in [-0.05, 0) is 48.4 Å². The first-order valence-corrected chi connectivity index (χ1v) is 11.2. The number of nitrogens with zero attached hydrogens (tertiary/aromatic N) is 3. The molecular formula is C26H29N5O2. The van der Waals surface area contributed by atoms with Crippen LogP contribution in [-0.4, -0.2) is 54.4 Å². The number of benzene rings is 2. The Morgan fingerprint density at radius 2 is 1.73 bits per heavy atom. The molecule has 0 unspecified atom stereocenters. The van der Waals surface area contributed by atoms with Gasteiger partial charge in [-0.3, -0.25) is 19.5 Å². The second-order valence-electron chi connectivity index (χ2n) is 8.19. The lowest BCUT2D eigenvalue weighted by Gasteiger charge is -2.40. The molecular weight excluding hydrogens is 414 g/mol. The third kappa shape index (κ3) is 5.96. The lowest BCUT2D eigenvalue weighted by molar-refractivity contribution is -0.136. The van der Waals surface area contributed by atoms with Crippen LogP contribution in [0, 0.1) is 6.92 Å². The molecule has 2 heterocycles. The van der Waals surface area contributed by atoms with Crippen LogP contribution >= 0.6 is 0 Å². The molecule has 3 aromatic rings. The Bertz CT molecular complexity index is 1070. The number of aromatic nitrogens is 1. The van der Waals surface area contributed by atoms with E-state index in [1.54, 1.807) is 12.3 Å². The van der Waals surface area contributed by atoms with Gasteiger partial charge < -0.3 is 15.5 Å². The van der Waals surface area contributed by atoms with Crippen molar-refractivity contribution in [3.8, 4) is 0 Å². The molecule has 0 saturated carbocycles. The summed E-state index contributed by atoms with van der Waals surface area (Å²) in [6, 6.07) is 21.6. The van der Waals surface area contributed by atoms with Gasteiger partial charge in [-0.1, -0.05) is 36.4 Å². The standard InChI is InChI=1S/C26H29N5O2/c1-20-7-5-9-22(17-20)29-26(33)25(32)28-19-24(21-8-6-12-27-18-21)31-15-13-30(14-16-31)23-10-3-2-4-11-23/h2-12,17-18,24H,13-16,19H2,1H3,(H,28,32)(H,29,33)/t24-/m0/s1. The molecule has 0 radical (unpaired) electrons. The second-order valence-corrected chi connectivity index (χ2v) is 8.19. The Morgan fingerprint density at radius 3 is 2.42 bits per heavy atom. The van der Waals surface area contributed by atoms with Crippen molar-refractivity contribution in [3.63, 3.8) is 0 Å². The zero-order valence-electron chi connectivity index (χ0n) is 18.8. The van der Waals surface area contributed by atoms with Gasteiger partial charge in [0.2, 0.25) is 0 Å². The van der Waals surface area contributed by atoms with Crippen LogP contribution < -0.4 is 15.5 Å². The number of anilines is 2. The minimum absolute atomic E-state index is 0.0626. The van der Waals surface area contributed by atoms with E-state index in [-0.39, 0.29) is 6.04 Å². The van der Waals surface area contributed by atoms with E-state index in [1.807, 2.05) is 49.5 Å². The molecule has 1 saturated heterocycles. The molecule has 33 heavy (non-hydrogen) atoms. The number of amides is 2. The van der Waals surface area contributed by atoms with Crippen LogP contribution in [0.5, 0.6) is 0 Å². The smallest absolute Gasteiger partial charge is 0.313 e. The van der Waals surface area contributed by atoms with Crippen LogP contribution in [0.4, 0.5) is 11.4 Å². The number of pyridine rings is 1. The molecule has 1 fully saturated rings. The average Bonchev–Trinajstić information content (AvgIpc) is 2.85. The molecule has 2 aromatic carbocycles. The van der Waals surface area contributed by atoms with E-state index in [0.29, 0.717) is 12.2 Å². The van der Waals surface area contributed by atoms with Crippen LogP contribution in [0.15, 0.2) is 79.1 Å². The van der Waals surface area contributed by atoms with Gasteiger partial charge in [0.15, 0.2) is 0 Å². The number of piperazine rings is 1. The van der Waals surface area contributed by atoms with Gasteiger partial charge in [0.05, 0.1) is 6.04 Å². The largest absolute Gasteiger partial charge is 0.369 e. The summed E-state index contributed by atoms with van der Waals surface area (Å²) in [7, 11) is 0. The number of hydrogen-bond acceptors (Lipinski definition) is 5. The van der Waals surface area contributed by atoms with Crippen molar-refractivity contribution in [1.29, 1.82) is 0 Å². The lowest BCUT2D eigenvalue weighted by atomic mass is 10.1. The van der Waals surface area contributed by atoms with Crippen LogP contribution in [0.2, 0.25) is 0 Å². The maximum Gasteiger partial charge on any atom is 0.313 e.